The first kappa shape index (κ1) is 18.0. The molecule has 0 unspecified atom stereocenters. The van der Waals surface area contributed by atoms with Crippen molar-refractivity contribution in [1.82, 2.24) is 10.2 Å². The number of benzene rings is 1. The third kappa shape index (κ3) is 3.79. The van der Waals surface area contributed by atoms with Crippen molar-refractivity contribution in [1.29, 1.82) is 0 Å². The first-order valence-corrected chi connectivity index (χ1v) is 9.42. The molecule has 0 aliphatic carbocycles. The smallest absolute Gasteiger partial charge is 0.253 e. The fourth-order valence-corrected chi connectivity index (χ4v) is 4.09. The number of rotatable bonds is 2. The van der Waals surface area contributed by atoms with E-state index in [1.54, 1.807) is 12.1 Å². The van der Waals surface area contributed by atoms with Gasteiger partial charge in [0.15, 0.2) is 0 Å². The minimum Gasteiger partial charge on any atom is -0.336 e. The second kappa shape index (κ2) is 7.07. The van der Waals surface area contributed by atoms with E-state index in [0.29, 0.717) is 30.9 Å². The molecule has 0 spiro atoms. The van der Waals surface area contributed by atoms with Gasteiger partial charge in [0.2, 0.25) is 10.0 Å². The summed E-state index contributed by atoms with van der Waals surface area (Å²) in [4.78, 5) is 14.4. The fraction of sp³-hybridized carbons (Fsp3) is 0.533. The second-order valence-corrected chi connectivity index (χ2v) is 7.73. The summed E-state index contributed by atoms with van der Waals surface area (Å²) in [6.45, 7) is 3.57. The van der Waals surface area contributed by atoms with Crippen molar-refractivity contribution in [3.05, 3.63) is 29.3 Å². The predicted molar refractivity (Wildman–Crippen MR) is 93.0 cm³/mol. The van der Waals surface area contributed by atoms with Crippen LogP contribution in [0, 0.1) is 0 Å². The maximum Gasteiger partial charge on any atom is 0.253 e. The van der Waals surface area contributed by atoms with Gasteiger partial charge in [0.05, 0.1) is 11.9 Å². The third-order valence-electron chi connectivity index (χ3n) is 4.21. The normalized spacial score (nSPS) is 18.1. The summed E-state index contributed by atoms with van der Waals surface area (Å²) in [6, 6.07) is 5.37. The number of fused-ring (bicyclic) bond motifs is 1. The first-order valence-electron chi connectivity index (χ1n) is 7.57. The van der Waals surface area contributed by atoms with Gasteiger partial charge in [-0.2, -0.15) is 0 Å². The van der Waals surface area contributed by atoms with Crippen LogP contribution in [0.4, 0.5) is 5.69 Å². The minimum absolute atomic E-state index is 0. The molecule has 1 N–H and O–H groups in total. The molecule has 1 fully saturated rings. The highest BCUT2D eigenvalue weighted by atomic mass is 35.5. The quantitative estimate of drug-likeness (QED) is 0.850. The van der Waals surface area contributed by atoms with E-state index in [1.807, 2.05) is 11.0 Å². The Hall–Kier alpha value is -1.31. The van der Waals surface area contributed by atoms with E-state index in [9.17, 15) is 13.2 Å². The van der Waals surface area contributed by atoms with Crippen LogP contribution < -0.4 is 9.62 Å². The Morgan fingerprint density at radius 2 is 1.87 bits per heavy atom. The topological polar surface area (TPSA) is 69.7 Å². The van der Waals surface area contributed by atoms with Crippen LogP contribution in [-0.4, -0.2) is 58.2 Å². The highest BCUT2D eigenvalue weighted by Gasteiger charge is 2.25. The Labute approximate surface area is 143 Å². The maximum atomic E-state index is 12.5. The number of nitrogens with zero attached hydrogens (tertiary/aromatic N) is 2. The van der Waals surface area contributed by atoms with Gasteiger partial charge in [0.25, 0.3) is 5.91 Å². The lowest BCUT2D eigenvalue weighted by Gasteiger charge is -2.31. The highest BCUT2D eigenvalue weighted by Crippen LogP contribution is 2.30. The average molecular weight is 360 g/mol. The molecule has 8 heteroatoms. The van der Waals surface area contributed by atoms with Crippen molar-refractivity contribution < 1.29 is 13.2 Å². The van der Waals surface area contributed by atoms with E-state index in [-0.39, 0.29) is 18.3 Å². The Morgan fingerprint density at radius 3 is 2.52 bits per heavy atom. The first-order chi connectivity index (χ1) is 10.5. The van der Waals surface area contributed by atoms with Gasteiger partial charge in [-0.1, -0.05) is 0 Å². The van der Waals surface area contributed by atoms with Crippen molar-refractivity contribution in [2.75, 3.05) is 43.3 Å². The summed E-state index contributed by atoms with van der Waals surface area (Å²) < 4.78 is 25.2. The van der Waals surface area contributed by atoms with Crippen LogP contribution in [0.5, 0.6) is 0 Å². The van der Waals surface area contributed by atoms with E-state index < -0.39 is 10.0 Å². The number of carbonyl (C=O) groups excluding carboxylic acids is 1. The molecule has 3 rings (SSSR count). The van der Waals surface area contributed by atoms with Gasteiger partial charge in [-0.25, -0.2) is 8.42 Å². The molecule has 1 amide bonds. The lowest BCUT2D eigenvalue weighted by Crippen LogP contribution is -2.46. The minimum atomic E-state index is -3.26. The predicted octanol–water partition coefficient (Wildman–Crippen LogP) is 0.866. The van der Waals surface area contributed by atoms with E-state index in [4.69, 9.17) is 0 Å². The summed E-state index contributed by atoms with van der Waals surface area (Å²) in [5.74, 6) is 0.0285. The van der Waals surface area contributed by atoms with Gasteiger partial charge in [-0.05, 0) is 36.6 Å². The van der Waals surface area contributed by atoms with E-state index >= 15 is 0 Å². The number of amides is 1. The molecule has 1 aromatic rings. The Bertz CT molecular complexity index is 687. The van der Waals surface area contributed by atoms with Crippen LogP contribution >= 0.6 is 12.4 Å². The standard InChI is InChI=1S/C15H21N3O3S.ClH/c1-22(20,21)18-8-2-3-12-11-13(4-5-14(12)18)15(19)17-9-6-16-7-10-17;/h4-5,11,16H,2-3,6-10H2,1H3;1H. The van der Waals surface area contributed by atoms with Crippen LogP contribution in [0.2, 0.25) is 0 Å². The number of hydrogen-bond acceptors (Lipinski definition) is 4. The summed E-state index contributed by atoms with van der Waals surface area (Å²) in [5, 5.41) is 3.23. The van der Waals surface area contributed by atoms with Crippen LogP contribution in [-0.2, 0) is 16.4 Å². The molecule has 0 bridgehead atoms. The number of sulfonamides is 1. The molecule has 1 aromatic carbocycles. The van der Waals surface area contributed by atoms with Crippen molar-refractivity contribution in [3.63, 3.8) is 0 Å². The van der Waals surface area contributed by atoms with Crippen LogP contribution in [0.25, 0.3) is 0 Å². The molecular weight excluding hydrogens is 338 g/mol. The van der Waals surface area contributed by atoms with Crippen LogP contribution in [0.3, 0.4) is 0 Å². The fourth-order valence-electron chi connectivity index (χ4n) is 3.09. The number of hydrogen-bond donors (Lipinski definition) is 1. The number of piperazine rings is 1. The van der Waals surface area contributed by atoms with Crippen molar-refractivity contribution in [2.45, 2.75) is 12.8 Å². The highest BCUT2D eigenvalue weighted by molar-refractivity contribution is 7.92. The van der Waals surface area contributed by atoms with Gasteiger partial charge < -0.3 is 10.2 Å². The lowest BCUT2D eigenvalue weighted by molar-refractivity contribution is 0.0735. The molecule has 0 saturated carbocycles. The maximum absolute atomic E-state index is 12.5. The van der Waals surface area contributed by atoms with Gasteiger partial charge in [0.1, 0.15) is 0 Å². The largest absolute Gasteiger partial charge is 0.336 e. The van der Waals surface area contributed by atoms with Gasteiger partial charge in [0, 0.05) is 38.3 Å². The Morgan fingerprint density at radius 1 is 1.17 bits per heavy atom. The summed E-state index contributed by atoms with van der Waals surface area (Å²) >= 11 is 0. The molecule has 2 aliphatic heterocycles. The number of halogens is 1. The molecule has 1 saturated heterocycles. The third-order valence-corrected chi connectivity index (χ3v) is 5.39. The van der Waals surface area contributed by atoms with E-state index in [1.165, 1.54) is 10.6 Å². The zero-order valence-electron chi connectivity index (χ0n) is 13.1. The molecule has 0 aromatic heterocycles. The Balaban J connectivity index is 0.00000192. The second-order valence-electron chi connectivity index (χ2n) is 5.82. The molecule has 2 aliphatic rings. The molecular formula is C15H22ClN3O3S. The van der Waals surface area contributed by atoms with Gasteiger partial charge >= 0.3 is 0 Å². The molecule has 23 heavy (non-hydrogen) atoms. The van der Waals surface area contributed by atoms with E-state index in [0.717, 1.165) is 31.5 Å². The zero-order valence-corrected chi connectivity index (χ0v) is 14.8. The number of nitrogens with one attached hydrogen (secondary N) is 1. The summed E-state index contributed by atoms with van der Waals surface area (Å²) in [5.41, 5.74) is 2.30. The van der Waals surface area contributed by atoms with Crippen molar-refractivity contribution in [2.24, 2.45) is 0 Å². The average Bonchev–Trinajstić information content (AvgIpc) is 2.53. The van der Waals surface area contributed by atoms with Crippen LogP contribution in [0.15, 0.2) is 18.2 Å². The zero-order chi connectivity index (χ0) is 15.7. The van der Waals surface area contributed by atoms with Crippen molar-refractivity contribution >= 4 is 34.0 Å². The van der Waals surface area contributed by atoms with Gasteiger partial charge in [-0.3, -0.25) is 9.10 Å². The Kier molecular flexibility index (Phi) is 5.54. The number of carbonyl (C=O) groups is 1. The number of aryl methyl sites for hydroxylation is 1. The number of anilines is 1. The monoisotopic (exact) mass is 359 g/mol. The van der Waals surface area contributed by atoms with Gasteiger partial charge in [-0.15, -0.1) is 12.4 Å². The molecule has 128 valence electrons. The van der Waals surface area contributed by atoms with E-state index in [2.05, 4.69) is 5.32 Å². The molecule has 2 heterocycles. The summed E-state index contributed by atoms with van der Waals surface area (Å²) in [6.07, 6.45) is 2.82. The molecule has 0 radical (unpaired) electrons. The lowest BCUT2D eigenvalue weighted by atomic mass is 10.00. The molecule has 6 nitrogen and oxygen atoms in total. The molecule has 0 atom stereocenters. The van der Waals surface area contributed by atoms with Crippen LogP contribution in [0.1, 0.15) is 22.3 Å². The van der Waals surface area contributed by atoms with Crippen molar-refractivity contribution in [3.8, 4) is 0 Å². The summed E-state index contributed by atoms with van der Waals surface area (Å²) in [7, 11) is -3.26. The SMILES string of the molecule is CS(=O)(=O)N1CCCc2cc(C(=O)N3CCNCC3)ccc21.Cl.